The molecule has 0 bridgehead atoms. The van der Waals surface area contributed by atoms with Crippen LogP contribution in [0.3, 0.4) is 0 Å². The molecule has 8 heteroatoms. The van der Waals surface area contributed by atoms with E-state index in [9.17, 15) is 4.79 Å². The predicted molar refractivity (Wildman–Crippen MR) is 142 cm³/mol. The number of nitrogens with zero attached hydrogens (tertiary/aromatic N) is 3. The highest BCUT2D eigenvalue weighted by Gasteiger charge is 2.41. The fraction of sp³-hybridized carbons (Fsp3) is 0.346. The highest BCUT2D eigenvalue weighted by molar-refractivity contribution is 7.80. The molecule has 2 aromatic heterocycles. The minimum Gasteiger partial charge on any atom is -0.351 e. The molecule has 1 amide bonds. The molecule has 0 unspecified atom stereocenters. The van der Waals surface area contributed by atoms with E-state index in [1.165, 1.54) is 0 Å². The number of benzene rings is 1. The van der Waals surface area contributed by atoms with Crippen LogP contribution in [-0.2, 0) is 10.3 Å². The number of carbonyl (C=O) groups excluding carboxylic acids is 1. The molecule has 1 aliphatic heterocycles. The summed E-state index contributed by atoms with van der Waals surface area (Å²) in [7, 11) is 0. The van der Waals surface area contributed by atoms with E-state index in [2.05, 4.69) is 64.3 Å². The van der Waals surface area contributed by atoms with Crippen molar-refractivity contribution in [3.8, 4) is 0 Å². The monoisotopic (exact) mass is 495 g/mol. The summed E-state index contributed by atoms with van der Waals surface area (Å²) in [6.45, 7) is 10.2. The van der Waals surface area contributed by atoms with Gasteiger partial charge in [0.15, 0.2) is 5.11 Å². The lowest BCUT2D eigenvalue weighted by Crippen LogP contribution is -2.29. The van der Waals surface area contributed by atoms with Gasteiger partial charge in [-0.05, 0) is 75.0 Å². The van der Waals surface area contributed by atoms with E-state index in [0.29, 0.717) is 15.8 Å². The fourth-order valence-electron chi connectivity index (χ4n) is 4.01. The molecule has 0 aliphatic carbocycles. The summed E-state index contributed by atoms with van der Waals surface area (Å²) in [5.41, 5.74) is 3.41. The average molecular weight is 496 g/mol. The summed E-state index contributed by atoms with van der Waals surface area (Å²) in [6.07, 6.45) is 6.06. The largest absolute Gasteiger partial charge is 0.351 e. The second-order valence-electron chi connectivity index (χ2n) is 9.83. The second kappa shape index (κ2) is 9.39. The molecular weight excluding hydrogens is 466 g/mol. The summed E-state index contributed by atoms with van der Waals surface area (Å²) in [5, 5.41) is 7.41. The molecule has 1 aromatic carbocycles. The third-order valence-electron chi connectivity index (χ3n) is 5.94. The van der Waals surface area contributed by atoms with Crippen molar-refractivity contribution in [3.05, 3.63) is 77.3 Å². The first-order chi connectivity index (χ1) is 16.1. The van der Waals surface area contributed by atoms with Crippen molar-refractivity contribution in [2.24, 2.45) is 5.92 Å². The van der Waals surface area contributed by atoms with Crippen molar-refractivity contribution in [2.75, 3.05) is 10.2 Å². The number of anilines is 2. The van der Waals surface area contributed by atoms with Gasteiger partial charge in [0, 0.05) is 35.7 Å². The Hall–Kier alpha value is -2.90. The third-order valence-corrected chi connectivity index (χ3v) is 6.57. The standard InChI is InChI=1S/C26H30ClN5OS/c1-16(2)24(33)29-20-10-9-18(14-19(20)27)32-23(17-11-13-31(15-17)26(3,4)5)22(30-25(32)34)21-8-6-7-12-28-21/h6-16,22-23H,1-5H3,(H,29,33)(H,30,34)/t22-,23-/m1/s1. The number of amides is 1. The van der Waals surface area contributed by atoms with Gasteiger partial charge < -0.3 is 20.1 Å². The van der Waals surface area contributed by atoms with Crippen LogP contribution in [0.4, 0.5) is 11.4 Å². The Balaban J connectivity index is 1.75. The lowest BCUT2D eigenvalue weighted by molar-refractivity contribution is -0.118. The lowest BCUT2D eigenvalue weighted by Gasteiger charge is -2.28. The van der Waals surface area contributed by atoms with Crippen LogP contribution in [0.1, 0.15) is 58.0 Å². The van der Waals surface area contributed by atoms with Gasteiger partial charge in [0.1, 0.15) is 0 Å². The zero-order valence-corrected chi connectivity index (χ0v) is 21.6. The molecule has 2 N–H and O–H groups in total. The third kappa shape index (κ3) is 4.81. The van der Waals surface area contributed by atoms with Crippen molar-refractivity contribution in [1.29, 1.82) is 0 Å². The quantitative estimate of drug-likeness (QED) is 0.421. The summed E-state index contributed by atoms with van der Waals surface area (Å²) < 4.78 is 2.20. The molecule has 1 aliphatic rings. The number of rotatable bonds is 5. The van der Waals surface area contributed by atoms with E-state index in [0.717, 1.165) is 16.9 Å². The van der Waals surface area contributed by atoms with Gasteiger partial charge in [-0.2, -0.15) is 0 Å². The van der Waals surface area contributed by atoms with Crippen molar-refractivity contribution < 1.29 is 4.79 Å². The van der Waals surface area contributed by atoms with Gasteiger partial charge in [0.05, 0.1) is 28.5 Å². The lowest BCUT2D eigenvalue weighted by atomic mass is 9.98. The second-order valence-corrected chi connectivity index (χ2v) is 10.6. The Labute approximate surface area is 211 Å². The number of halogens is 1. The Morgan fingerprint density at radius 3 is 2.56 bits per heavy atom. The highest BCUT2D eigenvalue weighted by atomic mass is 35.5. The minimum atomic E-state index is -0.138. The van der Waals surface area contributed by atoms with Crippen molar-refractivity contribution in [2.45, 2.75) is 52.2 Å². The SMILES string of the molecule is CC(C)C(=O)Nc1ccc(N2C(=S)N[C@H](c3ccccn3)[C@H]2c2ccn(C(C)(C)C)c2)cc1Cl. The molecule has 1 saturated heterocycles. The van der Waals surface area contributed by atoms with Crippen LogP contribution in [0.15, 0.2) is 61.1 Å². The Bertz CT molecular complexity index is 1200. The highest BCUT2D eigenvalue weighted by Crippen LogP contribution is 2.43. The van der Waals surface area contributed by atoms with E-state index >= 15 is 0 Å². The number of hydrogen-bond acceptors (Lipinski definition) is 3. The number of carbonyl (C=O) groups is 1. The van der Waals surface area contributed by atoms with Crippen LogP contribution in [0, 0.1) is 5.92 Å². The van der Waals surface area contributed by atoms with Gasteiger partial charge in [-0.15, -0.1) is 0 Å². The number of hydrogen-bond donors (Lipinski definition) is 2. The molecule has 34 heavy (non-hydrogen) atoms. The van der Waals surface area contributed by atoms with Crippen LogP contribution in [-0.4, -0.2) is 20.6 Å². The van der Waals surface area contributed by atoms with Gasteiger partial charge in [-0.25, -0.2) is 0 Å². The minimum absolute atomic E-state index is 0.0459. The molecule has 3 aromatic rings. The number of nitrogens with one attached hydrogen (secondary N) is 2. The van der Waals surface area contributed by atoms with Crippen molar-refractivity contribution >= 4 is 46.2 Å². The maximum Gasteiger partial charge on any atom is 0.226 e. The summed E-state index contributed by atoms with van der Waals surface area (Å²) in [4.78, 5) is 18.8. The molecule has 1 fully saturated rings. The smallest absolute Gasteiger partial charge is 0.226 e. The van der Waals surface area contributed by atoms with Gasteiger partial charge in [-0.3, -0.25) is 9.78 Å². The number of pyridine rings is 1. The van der Waals surface area contributed by atoms with Crippen LogP contribution in [0.25, 0.3) is 0 Å². The van der Waals surface area contributed by atoms with E-state index in [1.54, 1.807) is 6.20 Å². The predicted octanol–water partition coefficient (Wildman–Crippen LogP) is 6.06. The van der Waals surface area contributed by atoms with Gasteiger partial charge in [0.25, 0.3) is 0 Å². The normalized spacial score (nSPS) is 18.3. The van der Waals surface area contributed by atoms with E-state index in [1.807, 2.05) is 50.2 Å². The summed E-state index contributed by atoms with van der Waals surface area (Å²) in [6, 6.07) is 13.4. The molecule has 6 nitrogen and oxygen atoms in total. The average Bonchev–Trinajstić information content (AvgIpc) is 3.40. The number of thiocarbonyl (C=S) groups is 1. The van der Waals surface area contributed by atoms with Crippen LogP contribution in [0.2, 0.25) is 5.02 Å². The Morgan fingerprint density at radius 1 is 1.21 bits per heavy atom. The fourth-order valence-corrected chi connectivity index (χ4v) is 4.58. The molecule has 3 heterocycles. The van der Waals surface area contributed by atoms with Crippen LogP contribution >= 0.6 is 23.8 Å². The first kappa shape index (κ1) is 24.2. The molecule has 0 radical (unpaired) electrons. The number of aromatic nitrogens is 2. The topological polar surface area (TPSA) is 62.2 Å². The van der Waals surface area contributed by atoms with Crippen molar-refractivity contribution in [1.82, 2.24) is 14.9 Å². The molecule has 2 atom stereocenters. The zero-order chi connectivity index (χ0) is 24.6. The van der Waals surface area contributed by atoms with E-state index < -0.39 is 0 Å². The van der Waals surface area contributed by atoms with Crippen LogP contribution in [0.5, 0.6) is 0 Å². The summed E-state index contributed by atoms with van der Waals surface area (Å²) >= 11 is 12.4. The molecule has 178 valence electrons. The summed E-state index contributed by atoms with van der Waals surface area (Å²) in [5.74, 6) is -0.217. The first-order valence-electron chi connectivity index (χ1n) is 11.4. The van der Waals surface area contributed by atoms with Crippen LogP contribution < -0.4 is 15.5 Å². The Morgan fingerprint density at radius 2 is 1.97 bits per heavy atom. The molecule has 4 rings (SSSR count). The van der Waals surface area contributed by atoms with Gasteiger partial charge in [0.2, 0.25) is 5.91 Å². The van der Waals surface area contributed by atoms with E-state index in [4.69, 9.17) is 23.8 Å². The van der Waals surface area contributed by atoms with Gasteiger partial charge >= 0.3 is 0 Å². The van der Waals surface area contributed by atoms with E-state index in [-0.39, 0.29) is 29.4 Å². The van der Waals surface area contributed by atoms with Crippen molar-refractivity contribution in [3.63, 3.8) is 0 Å². The molecule has 0 saturated carbocycles. The molecular formula is C26H30ClN5OS. The Kier molecular flexibility index (Phi) is 6.69. The maximum atomic E-state index is 12.2. The zero-order valence-electron chi connectivity index (χ0n) is 20.0. The van der Waals surface area contributed by atoms with Gasteiger partial charge in [-0.1, -0.05) is 31.5 Å². The molecule has 0 spiro atoms. The maximum absolute atomic E-state index is 12.2. The first-order valence-corrected chi connectivity index (χ1v) is 12.1.